The Bertz CT molecular complexity index is 3510. The summed E-state index contributed by atoms with van der Waals surface area (Å²) in [6, 6.07) is 73.8. The van der Waals surface area contributed by atoms with Gasteiger partial charge in [-0.15, -0.1) is 22.7 Å². The van der Waals surface area contributed by atoms with Crippen LogP contribution in [-0.4, -0.2) is 0 Å². The Hall–Kier alpha value is -6.78. The van der Waals surface area contributed by atoms with Gasteiger partial charge in [0.25, 0.3) is 0 Å². The predicted molar refractivity (Wildman–Crippen MR) is 250 cm³/mol. The van der Waals surface area contributed by atoms with E-state index in [4.69, 9.17) is 0 Å². The number of hydrogen-bond acceptors (Lipinski definition) is 3. The van der Waals surface area contributed by atoms with Crippen molar-refractivity contribution >= 4 is 112 Å². The fraction of sp³-hybridized carbons (Fsp3) is 0. The quantitative estimate of drug-likeness (QED) is 0.169. The first kappa shape index (κ1) is 32.5. The Labute approximate surface area is 337 Å². The summed E-state index contributed by atoms with van der Waals surface area (Å²) in [6.45, 7) is 0. The van der Waals surface area contributed by atoms with Crippen molar-refractivity contribution in [2.24, 2.45) is 0 Å². The smallest absolute Gasteiger partial charge is 0.0640 e. The lowest BCUT2D eigenvalue weighted by atomic mass is 9.95. The van der Waals surface area contributed by atoms with Crippen LogP contribution in [-0.2, 0) is 0 Å². The molecular weight excluding hydrogens is 727 g/mol. The highest BCUT2D eigenvalue weighted by Crippen LogP contribution is 2.48. The van der Waals surface area contributed by atoms with Gasteiger partial charge in [-0.3, -0.25) is 0 Å². The first-order valence-corrected chi connectivity index (χ1v) is 21.0. The first-order chi connectivity index (χ1) is 28.3. The minimum Gasteiger partial charge on any atom is -0.309 e. The Morgan fingerprint density at radius 1 is 0.298 bits per heavy atom. The zero-order valence-corrected chi connectivity index (χ0v) is 32.4. The van der Waals surface area contributed by atoms with Crippen molar-refractivity contribution in [2.75, 3.05) is 4.90 Å². The molecule has 10 aromatic carbocycles. The molecule has 0 N–H and O–H groups in total. The van der Waals surface area contributed by atoms with E-state index in [-0.39, 0.29) is 0 Å². The lowest BCUT2D eigenvalue weighted by Crippen LogP contribution is -2.10. The third-order valence-corrected chi connectivity index (χ3v) is 14.2. The van der Waals surface area contributed by atoms with Crippen LogP contribution in [0.2, 0.25) is 0 Å². The van der Waals surface area contributed by atoms with Crippen LogP contribution in [0.1, 0.15) is 0 Å². The minimum atomic E-state index is 1.12. The minimum absolute atomic E-state index is 1.12. The van der Waals surface area contributed by atoms with E-state index in [0.717, 1.165) is 11.4 Å². The molecule has 3 heteroatoms. The van der Waals surface area contributed by atoms with Gasteiger partial charge in [0, 0.05) is 52.4 Å². The molecule has 0 fully saturated rings. The van der Waals surface area contributed by atoms with Crippen LogP contribution < -0.4 is 4.90 Å². The van der Waals surface area contributed by atoms with Gasteiger partial charge in [0.1, 0.15) is 0 Å². The number of fused-ring (bicyclic) bond motifs is 11. The Morgan fingerprint density at radius 3 is 1.60 bits per heavy atom. The van der Waals surface area contributed by atoms with Gasteiger partial charge in [-0.05, 0) is 91.6 Å². The summed E-state index contributed by atoms with van der Waals surface area (Å²) >= 11 is 3.79. The molecule has 0 saturated carbocycles. The fourth-order valence-corrected chi connectivity index (χ4v) is 11.5. The van der Waals surface area contributed by atoms with Crippen LogP contribution in [0, 0.1) is 0 Å². The average molecular weight is 760 g/mol. The maximum Gasteiger partial charge on any atom is 0.0640 e. The average Bonchev–Trinajstić information content (AvgIpc) is 3.86. The molecule has 2 aromatic heterocycles. The molecule has 0 amide bonds. The van der Waals surface area contributed by atoms with Gasteiger partial charge >= 0.3 is 0 Å². The highest BCUT2D eigenvalue weighted by molar-refractivity contribution is 7.27. The van der Waals surface area contributed by atoms with Crippen molar-refractivity contribution in [3.63, 3.8) is 0 Å². The topological polar surface area (TPSA) is 3.24 Å². The molecule has 0 aliphatic carbocycles. The molecule has 2 heterocycles. The monoisotopic (exact) mass is 759 g/mol. The molecule has 0 aliphatic heterocycles. The zero-order valence-electron chi connectivity index (χ0n) is 30.8. The number of thiophene rings is 2. The van der Waals surface area contributed by atoms with Crippen molar-refractivity contribution in [2.45, 2.75) is 0 Å². The standard InChI is InChI=1S/C54H33NS2/c1-3-14-40-34(11-1)13-9-19-41(40)36-23-28-38(29-24-36)55(50-21-10-20-46-47-32-27-35-12-2-4-15-42(35)52(47)57-54(46)50)39-30-25-37(26-31-39)48-33-49-44-17-7-8-22-51(44)56-53(49)45-18-6-5-16-43(45)48/h1-33H. The lowest BCUT2D eigenvalue weighted by Gasteiger charge is -2.26. The molecule has 0 saturated heterocycles. The predicted octanol–water partition coefficient (Wildman–Crippen LogP) is 16.7. The van der Waals surface area contributed by atoms with E-state index in [1.54, 1.807) is 0 Å². The van der Waals surface area contributed by atoms with Crippen molar-refractivity contribution in [3.8, 4) is 22.3 Å². The molecular formula is C54H33NS2. The van der Waals surface area contributed by atoms with Gasteiger partial charge in [0.2, 0.25) is 0 Å². The van der Waals surface area contributed by atoms with Crippen LogP contribution in [0.3, 0.4) is 0 Å². The van der Waals surface area contributed by atoms with Crippen LogP contribution in [0.25, 0.3) is 94.9 Å². The summed E-state index contributed by atoms with van der Waals surface area (Å²) in [5, 5.41) is 12.9. The largest absolute Gasteiger partial charge is 0.309 e. The second-order valence-corrected chi connectivity index (χ2v) is 16.9. The molecule has 57 heavy (non-hydrogen) atoms. The molecule has 0 radical (unpaired) electrons. The Morgan fingerprint density at radius 2 is 0.825 bits per heavy atom. The highest BCUT2D eigenvalue weighted by atomic mass is 32.1. The second-order valence-electron chi connectivity index (χ2n) is 14.8. The van der Waals surface area contributed by atoms with E-state index < -0.39 is 0 Å². The van der Waals surface area contributed by atoms with E-state index in [2.05, 4.69) is 205 Å². The fourth-order valence-electron chi connectivity index (χ4n) is 8.96. The normalized spacial score (nSPS) is 11.9. The lowest BCUT2D eigenvalue weighted by molar-refractivity contribution is 1.30. The van der Waals surface area contributed by atoms with Gasteiger partial charge in [0.05, 0.1) is 10.4 Å². The van der Waals surface area contributed by atoms with Gasteiger partial charge in [-0.25, -0.2) is 0 Å². The van der Waals surface area contributed by atoms with Crippen LogP contribution in [0.4, 0.5) is 17.1 Å². The molecule has 0 bridgehead atoms. The summed E-state index contributed by atoms with van der Waals surface area (Å²) < 4.78 is 5.30. The van der Waals surface area contributed by atoms with Crippen LogP contribution in [0.15, 0.2) is 200 Å². The zero-order chi connectivity index (χ0) is 37.5. The van der Waals surface area contributed by atoms with E-state index in [1.807, 2.05) is 22.7 Å². The maximum absolute atomic E-state index is 2.45. The van der Waals surface area contributed by atoms with Gasteiger partial charge in [0.15, 0.2) is 0 Å². The summed E-state index contributed by atoms with van der Waals surface area (Å²) in [5.74, 6) is 0. The Kier molecular flexibility index (Phi) is 7.34. The third-order valence-electron chi connectivity index (χ3n) is 11.7. The molecule has 12 aromatic rings. The van der Waals surface area contributed by atoms with Gasteiger partial charge in [-0.1, -0.05) is 158 Å². The number of rotatable bonds is 5. The Balaban J connectivity index is 1.04. The van der Waals surface area contributed by atoms with E-state index in [0.29, 0.717) is 0 Å². The number of benzene rings is 10. The number of anilines is 3. The third kappa shape index (κ3) is 5.13. The molecule has 12 rings (SSSR count). The van der Waals surface area contributed by atoms with E-state index in [1.165, 1.54) is 101 Å². The summed E-state index contributed by atoms with van der Waals surface area (Å²) in [7, 11) is 0. The van der Waals surface area contributed by atoms with Gasteiger partial charge < -0.3 is 4.90 Å². The molecule has 1 nitrogen and oxygen atoms in total. The van der Waals surface area contributed by atoms with Crippen molar-refractivity contribution in [1.82, 2.24) is 0 Å². The number of nitrogens with zero attached hydrogens (tertiary/aromatic N) is 1. The van der Waals surface area contributed by atoms with E-state index in [9.17, 15) is 0 Å². The maximum atomic E-state index is 2.45. The molecule has 266 valence electrons. The molecule has 0 atom stereocenters. The second kappa shape index (κ2) is 12.9. The van der Waals surface area contributed by atoms with Crippen molar-refractivity contribution < 1.29 is 0 Å². The molecule has 0 unspecified atom stereocenters. The molecule has 0 spiro atoms. The summed E-state index contributed by atoms with van der Waals surface area (Å²) in [5.41, 5.74) is 8.36. The van der Waals surface area contributed by atoms with E-state index >= 15 is 0 Å². The first-order valence-electron chi connectivity index (χ1n) is 19.4. The summed E-state index contributed by atoms with van der Waals surface area (Å²) in [6.07, 6.45) is 0. The summed E-state index contributed by atoms with van der Waals surface area (Å²) in [4.78, 5) is 2.45. The van der Waals surface area contributed by atoms with Crippen LogP contribution >= 0.6 is 22.7 Å². The van der Waals surface area contributed by atoms with Gasteiger partial charge in [-0.2, -0.15) is 0 Å². The number of hydrogen-bond donors (Lipinski definition) is 0. The van der Waals surface area contributed by atoms with Crippen LogP contribution in [0.5, 0.6) is 0 Å². The SMILES string of the molecule is c1ccc2c(-c3ccc(N(c4ccc(-c5cc6c7ccccc7sc6c6ccccc56)cc4)c4cccc5c4sc4c6ccccc6ccc54)cc3)cccc2c1. The van der Waals surface area contributed by atoms with Crippen molar-refractivity contribution in [3.05, 3.63) is 200 Å². The van der Waals surface area contributed by atoms with Crippen molar-refractivity contribution in [1.29, 1.82) is 0 Å². The highest BCUT2D eigenvalue weighted by Gasteiger charge is 2.20. The molecule has 0 aliphatic rings.